The van der Waals surface area contributed by atoms with Gasteiger partial charge >= 0.3 is 0 Å². The number of benzene rings is 1. The average Bonchev–Trinajstić information content (AvgIpc) is 3.06. The minimum atomic E-state index is -0.409. The van der Waals surface area contributed by atoms with Crippen LogP contribution in [0.2, 0.25) is 0 Å². The molecule has 1 fully saturated rings. The molecule has 24 heavy (non-hydrogen) atoms. The first-order valence-corrected chi connectivity index (χ1v) is 8.30. The first kappa shape index (κ1) is 16.6. The molecule has 0 radical (unpaired) electrons. The van der Waals surface area contributed by atoms with Crippen molar-refractivity contribution in [3.05, 3.63) is 41.0 Å². The Morgan fingerprint density at radius 3 is 2.75 bits per heavy atom. The van der Waals surface area contributed by atoms with E-state index in [-0.39, 0.29) is 11.8 Å². The summed E-state index contributed by atoms with van der Waals surface area (Å²) >= 11 is 0. The Balaban J connectivity index is 2.15. The maximum absolute atomic E-state index is 11.3. The van der Waals surface area contributed by atoms with E-state index in [1.165, 1.54) is 11.1 Å². The van der Waals surface area contributed by atoms with Crippen molar-refractivity contribution in [1.29, 1.82) is 0 Å². The second-order valence-corrected chi connectivity index (χ2v) is 7.17. The van der Waals surface area contributed by atoms with Crippen LogP contribution in [0, 0.1) is 13.8 Å². The van der Waals surface area contributed by atoms with Crippen molar-refractivity contribution in [2.45, 2.75) is 39.0 Å². The van der Waals surface area contributed by atoms with Gasteiger partial charge in [0.2, 0.25) is 5.91 Å². The second-order valence-electron chi connectivity index (χ2n) is 7.17. The van der Waals surface area contributed by atoms with E-state index in [0.717, 1.165) is 31.0 Å². The predicted molar refractivity (Wildman–Crippen MR) is 93.2 cm³/mol. The molecule has 0 saturated carbocycles. The molecule has 128 valence electrons. The van der Waals surface area contributed by atoms with Crippen LogP contribution in [0.15, 0.2) is 18.2 Å². The number of rotatable bonds is 4. The van der Waals surface area contributed by atoms with Crippen LogP contribution >= 0.6 is 0 Å². The molecule has 0 spiro atoms. The molecule has 6 heteroatoms. The van der Waals surface area contributed by atoms with E-state index in [0.29, 0.717) is 5.82 Å². The molecule has 2 heterocycles. The number of amides is 1. The van der Waals surface area contributed by atoms with Gasteiger partial charge in [-0.15, -0.1) is 0 Å². The third-order valence-corrected chi connectivity index (χ3v) is 4.99. The summed E-state index contributed by atoms with van der Waals surface area (Å²) in [4.78, 5) is 18.3. The number of aromatic nitrogens is 3. The zero-order chi connectivity index (χ0) is 17.5. The summed E-state index contributed by atoms with van der Waals surface area (Å²) in [6.45, 7) is 8.35. The summed E-state index contributed by atoms with van der Waals surface area (Å²) < 4.78 is 1.92. The summed E-state index contributed by atoms with van der Waals surface area (Å²) in [7, 11) is 2.12. The Morgan fingerprint density at radius 2 is 2.12 bits per heavy atom. The van der Waals surface area contributed by atoms with Crippen LogP contribution in [0.3, 0.4) is 0 Å². The zero-order valence-electron chi connectivity index (χ0n) is 14.8. The minimum Gasteiger partial charge on any atom is -0.369 e. The van der Waals surface area contributed by atoms with Gasteiger partial charge in [0.1, 0.15) is 5.82 Å². The molecule has 0 aliphatic carbocycles. The van der Waals surface area contributed by atoms with Crippen molar-refractivity contribution in [2.24, 2.45) is 5.73 Å². The van der Waals surface area contributed by atoms with E-state index >= 15 is 0 Å². The van der Waals surface area contributed by atoms with E-state index in [1.807, 2.05) is 10.7 Å². The molecule has 1 amide bonds. The van der Waals surface area contributed by atoms with Crippen molar-refractivity contribution in [3.8, 4) is 5.69 Å². The maximum atomic E-state index is 11.3. The molecule has 1 aromatic heterocycles. The summed E-state index contributed by atoms with van der Waals surface area (Å²) in [5.41, 5.74) is 8.65. The average molecular weight is 327 g/mol. The summed E-state index contributed by atoms with van der Waals surface area (Å²) in [5, 5.41) is 4.62. The number of nitrogens with two attached hydrogens (primary N) is 1. The van der Waals surface area contributed by atoms with Crippen molar-refractivity contribution < 1.29 is 4.79 Å². The van der Waals surface area contributed by atoms with Crippen molar-refractivity contribution >= 4 is 5.91 Å². The summed E-state index contributed by atoms with van der Waals surface area (Å²) in [5.74, 6) is 0.999. The lowest BCUT2D eigenvalue weighted by molar-refractivity contribution is -0.117. The Morgan fingerprint density at radius 1 is 1.38 bits per heavy atom. The van der Waals surface area contributed by atoms with E-state index in [1.54, 1.807) is 0 Å². The molecule has 1 atom stereocenters. The van der Waals surface area contributed by atoms with E-state index in [2.05, 4.69) is 50.0 Å². The number of hydrogen-bond acceptors (Lipinski definition) is 4. The van der Waals surface area contributed by atoms with Crippen LogP contribution in [0.1, 0.15) is 36.1 Å². The first-order valence-electron chi connectivity index (χ1n) is 8.30. The lowest BCUT2D eigenvalue weighted by atomic mass is 9.88. The molecule has 1 aromatic carbocycles. The molecule has 1 saturated heterocycles. The molecule has 2 N–H and O–H groups in total. The quantitative estimate of drug-likeness (QED) is 0.923. The van der Waals surface area contributed by atoms with E-state index in [9.17, 15) is 4.79 Å². The Labute approximate surface area is 142 Å². The van der Waals surface area contributed by atoms with Crippen LogP contribution in [0.5, 0.6) is 0 Å². The van der Waals surface area contributed by atoms with Gasteiger partial charge in [0.15, 0.2) is 5.82 Å². The highest BCUT2D eigenvalue weighted by Crippen LogP contribution is 2.34. The number of hydrogen-bond donors (Lipinski definition) is 1. The highest BCUT2D eigenvalue weighted by molar-refractivity contribution is 5.75. The molecule has 1 aliphatic rings. The Hall–Kier alpha value is -2.21. The van der Waals surface area contributed by atoms with Crippen LogP contribution < -0.4 is 5.73 Å². The Kier molecular flexibility index (Phi) is 4.17. The highest BCUT2D eigenvalue weighted by atomic mass is 16.1. The monoisotopic (exact) mass is 327 g/mol. The summed E-state index contributed by atoms with van der Waals surface area (Å²) in [6, 6.07) is 6.17. The third-order valence-electron chi connectivity index (χ3n) is 4.99. The van der Waals surface area contributed by atoms with Gasteiger partial charge in [0, 0.05) is 12.0 Å². The zero-order valence-corrected chi connectivity index (χ0v) is 14.8. The molecule has 1 aliphatic heterocycles. The van der Waals surface area contributed by atoms with Crippen molar-refractivity contribution in [2.75, 3.05) is 20.1 Å². The van der Waals surface area contributed by atoms with Crippen LogP contribution in [-0.4, -0.2) is 45.7 Å². The van der Waals surface area contributed by atoms with Gasteiger partial charge in [0.05, 0.1) is 12.1 Å². The standard InChI is InChI=1S/C18H25N5O/c1-12-6-5-7-14(13(12)2)23-17(18(3)8-9-22(4)11-18)20-16(21-23)10-15(19)24/h5-7H,8-11H2,1-4H3,(H2,19,24)/t18-/m0/s1. The van der Waals surface area contributed by atoms with Gasteiger partial charge in [-0.05, 0) is 51.1 Å². The lowest BCUT2D eigenvalue weighted by Crippen LogP contribution is -2.30. The third kappa shape index (κ3) is 2.94. The molecule has 0 unspecified atom stereocenters. The van der Waals surface area contributed by atoms with Crippen molar-refractivity contribution in [3.63, 3.8) is 0 Å². The fraction of sp³-hybridized carbons (Fsp3) is 0.500. The minimum absolute atomic E-state index is 0.0663. The smallest absolute Gasteiger partial charge is 0.225 e. The molecule has 6 nitrogen and oxygen atoms in total. The number of aryl methyl sites for hydroxylation is 1. The molecule has 2 aromatic rings. The number of carbonyl (C=O) groups is 1. The molecule has 3 rings (SSSR count). The number of nitrogens with zero attached hydrogens (tertiary/aromatic N) is 4. The molecular weight excluding hydrogens is 302 g/mol. The molecule has 0 bridgehead atoms. The second kappa shape index (κ2) is 6.02. The SMILES string of the molecule is Cc1cccc(-n2nc(CC(N)=O)nc2[C@@]2(C)CCN(C)C2)c1C. The van der Waals surface area contributed by atoms with Gasteiger partial charge < -0.3 is 10.6 Å². The highest BCUT2D eigenvalue weighted by Gasteiger charge is 2.39. The van der Waals surface area contributed by atoms with Gasteiger partial charge in [-0.25, -0.2) is 9.67 Å². The predicted octanol–water partition coefficient (Wildman–Crippen LogP) is 1.51. The first-order chi connectivity index (χ1) is 11.3. The van der Waals surface area contributed by atoms with E-state index in [4.69, 9.17) is 10.7 Å². The van der Waals surface area contributed by atoms with Gasteiger partial charge in [-0.2, -0.15) is 5.10 Å². The number of likely N-dealkylation sites (tertiary alicyclic amines) is 1. The maximum Gasteiger partial charge on any atom is 0.225 e. The van der Waals surface area contributed by atoms with Gasteiger partial charge in [-0.1, -0.05) is 19.1 Å². The fourth-order valence-corrected chi connectivity index (χ4v) is 3.48. The topological polar surface area (TPSA) is 77.0 Å². The number of likely N-dealkylation sites (N-methyl/N-ethyl adjacent to an activating group) is 1. The van der Waals surface area contributed by atoms with Crippen molar-refractivity contribution in [1.82, 2.24) is 19.7 Å². The largest absolute Gasteiger partial charge is 0.369 e. The van der Waals surface area contributed by atoms with Gasteiger partial charge in [0.25, 0.3) is 0 Å². The summed E-state index contributed by atoms with van der Waals surface area (Å²) in [6.07, 6.45) is 1.08. The number of primary amides is 1. The Bertz CT molecular complexity index is 782. The van der Waals surface area contributed by atoms with E-state index < -0.39 is 5.91 Å². The molecular formula is C18H25N5O. The van der Waals surface area contributed by atoms with Crippen LogP contribution in [0.4, 0.5) is 0 Å². The van der Waals surface area contributed by atoms with Gasteiger partial charge in [-0.3, -0.25) is 4.79 Å². The van der Waals surface area contributed by atoms with Crippen LogP contribution in [0.25, 0.3) is 5.69 Å². The lowest BCUT2D eigenvalue weighted by Gasteiger charge is -2.24. The normalized spacial score (nSPS) is 21.3. The fourth-order valence-electron chi connectivity index (χ4n) is 3.48. The van der Waals surface area contributed by atoms with Crippen LogP contribution in [-0.2, 0) is 16.6 Å². The number of carbonyl (C=O) groups excluding carboxylic acids is 1.